The number of hydrogen-bond donors (Lipinski definition) is 2. The van der Waals surface area contributed by atoms with Crippen LogP contribution in [0.3, 0.4) is 0 Å². The van der Waals surface area contributed by atoms with Crippen molar-refractivity contribution in [2.24, 2.45) is 0 Å². The molecule has 9 nitrogen and oxygen atoms in total. The van der Waals surface area contributed by atoms with Crippen LogP contribution in [-0.2, 0) is 4.79 Å². The topological polar surface area (TPSA) is 118 Å². The fourth-order valence-electron chi connectivity index (χ4n) is 2.81. The van der Waals surface area contributed by atoms with Gasteiger partial charge in [0.05, 0.1) is 21.7 Å². The second-order valence-corrected chi connectivity index (χ2v) is 6.77. The van der Waals surface area contributed by atoms with Gasteiger partial charge < -0.3 is 5.32 Å². The molecule has 1 amide bonds. The number of hydrogen-bond acceptors (Lipinski definition) is 6. The fraction of sp³-hybridized carbons (Fsp3) is 0.118. The van der Waals surface area contributed by atoms with Gasteiger partial charge in [-0.3, -0.25) is 19.3 Å². The lowest BCUT2D eigenvalue weighted by atomic mass is 10.1. The van der Waals surface area contributed by atoms with Gasteiger partial charge in [-0.05, 0) is 24.6 Å². The van der Waals surface area contributed by atoms with Crippen molar-refractivity contribution in [3.63, 3.8) is 0 Å². The van der Waals surface area contributed by atoms with Crippen molar-refractivity contribution in [2.75, 3.05) is 11.1 Å². The molecule has 0 bridgehead atoms. The van der Waals surface area contributed by atoms with Gasteiger partial charge in [0, 0.05) is 6.07 Å². The third kappa shape index (κ3) is 3.10. The normalized spacial score (nSPS) is 11.1. The molecular formula is C17H14N6O3S. The molecule has 4 aromatic rings. The van der Waals surface area contributed by atoms with Crippen molar-refractivity contribution < 1.29 is 9.72 Å². The highest BCUT2D eigenvalue weighted by Gasteiger charge is 2.19. The smallest absolute Gasteiger partial charge is 0.293 e. The summed E-state index contributed by atoms with van der Waals surface area (Å²) >= 11 is 1.22. The van der Waals surface area contributed by atoms with E-state index in [0.29, 0.717) is 16.5 Å². The predicted molar refractivity (Wildman–Crippen MR) is 102 cm³/mol. The van der Waals surface area contributed by atoms with Crippen molar-refractivity contribution in [3.8, 4) is 0 Å². The Hall–Kier alpha value is -3.40. The van der Waals surface area contributed by atoms with Crippen LogP contribution in [0.5, 0.6) is 0 Å². The number of imidazole rings is 1. The summed E-state index contributed by atoms with van der Waals surface area (Å²) in [5.74, 6) is 0.296. The molecule has 0 radical (unpaired) electrons. The molecule has 27 heavy (non-hydrogen) atoms. The van der Waals surface area contributed by atoms with Crippen molar-refractivity contribution >= 4 is 45.9 Å². The first kappa shape index (κ1) is 17.0. The molecule has 2 aromatic heterocycles. The zero-order valence-corrected chi connectivity index (χ0v) is 15.0. The van der Waals surface area contributed by atoms with Gasteiger partial charge in [0.25, 0.3) is 5.69 Å². The lowest BCUT2D eigenvalue weighted by Gasteiger charge is -2.08. The highest BCUT2D eigenvalue weighted by Crippen LogP contribution is 2.28. The van der Waals surface area contributed by atoms with Crippen molar-refractivity contribution in [1.29, 1.82) is 0 Å². The summed E-state index contributed by atoms with van der Waals surface area (Å²) < 4.78 is 1.84. The standard InChI is InChI=1S/C17H14N6O3S/c1-10-5-4-8-13(23(25)26)15(10)19-14(24)9-27-17-21-20-16-18-11-6-2-3-7-12(11)22(16)17/h2-8H,9H2,1H3,(H,18,20)(H,19,24). The number of thioether (sulfide) groups is 1. The van der Waals surface area contributed by atoms with E-state index < -0.39 is 4.92 Å². The number of benzene rings is 2. The van der Waals surface area contributed by atoms with Gasteiger partial charge >= 0.3 is 0 Å². The Morgan fingerprint density at radius 1 is 1.30 bits per heavy atom. The number of nitro benzene ring substituents is 1. The van der Waals surface area contributed by atoms with Crippen LogP contribution in [0, 0.1) is 17.0 Å². The van der Waals surface area contributed by atoms with Crippen molar-refractivity contribution in [2.45, 2.75) is 12.1 Å². The Balaban J connectivity index is 1.54. The van der Waals surface area contributed by atoms with Gasteiger partial charge in [0.15, 0.2) is 5.16 Å². The number of carbonyl (C=O) groups is 1. The van der Waals surface area contributed by atoms with Crippen LogP contribution in [-0.4, -0.2) is 36.2 Å². The van der Waals surface area contributed by atoms with Gasteiger partial charge in [-0.25, -0.2) is 10.1 Å². The lowest BCUT2D eigenvalue weighted by Crippen LogP contribution is -2.16. The highest BCUT2D eigenvalue weighted by molar-refractivity contribution is 7.99. The minimum Gasteiger partial charge on any atom is -0.319 e. The molecule has 0 atom stereocenters. The van der Waals surface area contributed by atoms with Crippen LogP contribution in [0.25, 0.3) is 16.8 Å². The third-order valence-electron chi connectivity index (χ3n) is 4.05. The lowest BCUT2D eigenvalue weighted by molar-refractivity contribution is -0.384. The summed E-state index contributed by atoms with van der Waals surface area (Å²) in [5.41, 5.74) is 2.43. The number of fused-ring (bicyclic) bond motifs is 3. The number of amides is 1. The quantitative estimate of drug-likeness (QED) is 0.311. The Kier molecular flexibility index (Phi) is 4.24. The van der Waals surface area contributed by atoms with Crippen LogP contribution in [0.15, 0.2) is 47.6 Å². The minimum atomic E-state index is -0.509. The maximum Gasteiger partial charge on any atom is 0.293 e. The molecule has 0 saturated carbocycles. The molecule has 0 aliphatic carbocycles. The molecule has 0 aliphatic heterocycles. The average molecular weight is 382 g/mol. The molecule has 0 saturated heterocycles. The van der Waals surface area contributed by atoms with Gasteiger partial charge in [-0.15, -0.1) is 5.10 Å². The van der Waals surface area contributed by atoms with Crippen LogP contribution in [0.4, 0.5) is 11.4 Å². The van der Waals surface area contributed by atoms with Gasteiger partial charge in [-0.2, -0.15) is 0 Å². The first-order valence-corrected chi connectivity index (χ1v) is 9.01. The SMILES string of the molecule is Cc1cccc([N+](=O)[O-])c1NC(=O)CSc1n[nH]c2nc3ccccc3n12. The molecule has 2 aromatic carbocycles. The largest absolute Gasteiger partial charge is 0.319 e. The Morgan fingerprint density at radius 3 is 2.93 bits per heavy atom. The zero-order chi connectivity index (χ0) is 19.0. The van der Waals surface area contributed by atoms with Crippen LogP contribution in [0.1, 0.15) is 5.56 Å². The van der Waals surface area contributed by atoms with Gasteiger partial charge in [0.1, 0.15) is 5.69 Å². The number of aromatic amines is 1. The van der Waals surface area contributed by atoms with E-state index in [2.05, 4.69) is 20.5 Å². The molecule has 10 heteroatoms. The second kappa shape index (κ2) is 6.72. The number of anilines is 1. The minimum absolute atomic E-state index is 0.0535. The molecule has 0 fully saturated rings. The van der Waals surface area contributed by atoms with E-state index >= 15 is 0 Å². The summed E-state index contributed by atoms with van der Waals surface area (Å²) in [4.78, 5) is 27.4. The fourth-order valence-corrected chi connectivity index (χ4v) is 3.57. The summed E-state index contributed by atoms with van der Waals surface area (Å²) in [6, 6.07) is 12.3. The number of para-hydroxylation sites is 3. The van der Waals surface area contributed by atoms with Crippen LogP contribution in [0.2, 0.25) is 0 Å². The Bertz CT molecular complexity index is 1180. The number of carbonyl (C=O) groups excluding carboxylic acids is 1. The van der Waals surface area contributed by atoms with Crippen LogP contribution < -0.4 is 5.32 Å². The number of aromatic nitrogens is 4. The number of nitrogens with zero attached hydrogens (tertiary/aromatic N) is 4. The molecule has 136 valence electrons. The first-order valence-electron chi connectivity index (χ1n) is 8.03. The van der Waals surface area contributed by atoms with E-state index in [1.54, 1.807) is 19.1 Å². The monoisotopic (exact) mass is 382 g/mol. The number of nitro groups is 1. The zero-order valence-electron chi connectivity index (χ0n) is 14.2. The maximum absolute atomic E-state index is 12.4. The van der Waals surface area contributed by atoms with Gasteiger partial charge in [0.2, 0.25) is 11.7 Å². The summed E-state index contributed by atoms with van der Waals surface area (Å²) in [7, 11) is 0. The number of H-pyrrole nitrogens is 1. The summed E-state index contributed by atoms with van der Waals surface area (Å²) in [5, 5.41) is 21.4. The molecule has 4 rings (SSSR count). The Labute approximate surface area is 156 Å². The summed E-state index contributed by atoms with van der Waals surface area (Å²) in [6.07, 6.45) is 0. The molecule has 0 spiro atoms. The molecule has 2 N–H and O–H groups in total. The van der Waals surface area contributed by atoms with Gasteiger partial charge in [-0.1, -0.05) is 36.0 Å². The van der Waals surface area contributed by atoms with Crippen molar-refractivity contribution in [3.05, 3.63) is 58.1 Å². The number of aryl methyl sites for hydroxylation is 1. The average Bonchev–Trinajstić information content (AvgIpc) is 3.20. The van der Waals surface area contributed by atoms with E-state index in [0.717, 1.165) is 11.0 Å². The maximum atomic E-state index is 12.4. The number of nitrogens with one attached hydrogen (secondary N) is 2. The number of rotatable bonds is 5. The van der Waals surface area contributed by atoms with E-state index in [4.69, 9.17) is 0 Å². The highest BCUT2D eigenvalue weighted by atomic mass is 32.2. The predicted octanol–water partition coefficient (Wildman–Crippen LogP) is 3.16. The first-order chi connectivity index (χ1) is 13.0. The van der Waals surface area contributed by atoms with E-state index in [1.807, 2.05) is 28.7 Å². The second-order valence-electron chi connectivity index (χ2n) is 5.83. The molecule has 2 heterocycles. The van der Waals surface area contributed by atoms with E-state index in [-0.39, 0.29) is 23.0 Å². The molecule has 0 aliphatic rings. The van der Waals surface area contributed by atoms with Crippen molar-refractivity contribution in [1.82, 2.24) is 19.6 Å². The Morgan fingerprint density at radius 2 is 2.11 bits per heavy atom. The molecule has 0 unspecified atom stereocenters. The van der Waals surface area contributed by atoms with E-state index in [1.165, 1.54) is 17.8 Å². The molecular weight excluding hydrogens is 368 g/mol. The van der Waals surface area contributed by atoms with E-state index in [9.17, 15) is 14.9 Å². The summed E-state index contributed by atoms with van der Waals surface area (Å²) in [6.45, 7) is 1.71. The third-order valence-corrected chi connectivity index (χ3v) is 4.99. The van der Waals surface area contributed by atoms with Crippen LogP contribution >= 0.6 is 11.8 Å².